The Kier molecular flexibility index (Phi) is 7.38. The van der Waals surface area contributed by atoms with E-state index in [4.69, 9.17) is 0 Å². The molecule has 9 nitrogen and oxygen atoms in total. The van der Waals surface area contributed by atoms with Gasteiger partial charge in [0.1, 0.15) is 0 Å². The molecule has 1 unspecified atom stereocenters. The summed E-state index contributed by atoms with van der Waals surface area (Å²) in [6, 6.07) is 3.82. The molecule has 11 heteroatoms. The first-order valence-corrected chi connectivity index (χ1v) is 10.6. The third-order valence-electron chi connectivity index (χ3n) is 5.19. The summed E-state index contributed by atoms with van der Waals surface area (Å²) in [6.45, 7) is 3.92. The first-order valence-electron chi connectivity index (χ1n) is 9.12. The minimum absolute atomic E-state index is 0. The van der Waals surface area contributed by atoms with Crippen LogP contribution in [0.3, 0.4) is 0 Å². The predicted molar refractivity (Wildman–Crippen MR) is 106 cm³/mol. The molecule has 1 N–H and O–H groups in total. The average Bonchev–Trinajstić information content (AvgIpc) is 2.67. The number of amides is 1. The van der Waals surface area contributed by atoms with E-state index >= 15 is 0 Å². The first kappa shape index (κ1) is 22.5. The number of hydrogen-bond donors (Lipinski definition) is 1. The van der Waals surface area contributed by atoms with Crippen molar-refractivity contribution in [1.82, 2.24) is 14.5 Å². The van der Waals surface area contributed by atoms with Gasteiger partial charge in [0.05, 0.1) is 16.4 Å². The van der Waals surface area contributed by atoms with Crippen LogP contribution in [0.15, 0.2) is 23.1 Å². The van der Waals surface area contributed by atoms with E-state index in [2.05, 4.69) is 5.32 Å². The average molecular weight is 433 g/mol. The van der Waals surface area contributed by atoms with Gasteiger partial charge < -0.3 is 10.2 Å². The molecule has 28 heavy (non-hydrogen) atoms. The number of non-ortho nitro benzene ring substituents is 1. The third-order valence-corrected chi connectivity index (χ3v) is 7.13. The van der Waals surface area contributed by atoms with Gasteiger partial charge in [-0.25, -0.2) is 8.42 Å². The predicted octanol–water partition coefficient (Wildman–Crippen LogP) is 1.16. The number of nitrogens with one attached hydrogen (secondary N) is 1. The number of carbonyl (C=O) groups excluding carboxylic acids is 1. The van der Waals surface area contributed by atoms with Gasteiger partial charge in [-0.2, -0.15) is 4.31 Å². The van der Waals surface area contributed by atoms with Crippen molar-refractivity contribution in [2.75, 3.05) is 32.7 Å². The van der Waals surface area contributed by atoms with Gasteiger partial charge in [0.15, 0.2) is 0 Å². The quantitative estimate of drug-likeness (QED) is 0.551. The molecule has 2 fully saturated rings. The third kappa shape index (κ3) is 4.45. The number of benzene rings is 1. The van der Waals surface area contributed by atoms with Gasteiger partial charge in [-0.05, 0) is 24.8 Å². The summed E-state index contributed by atoms with van der Waals surface area (Å²) < 4.78 is 27.8. The van der Waals surface area contributed by atoms with Crippen LogP contribution in [0.25, 0.3) is 0 Å². The number of carbonyl (C=O) groups is 1. The SMILES string of the molecule is CCc1ccc([N+](=O)[O-])cc1S(=O)(=O)N1CCCC(N2CCNCC2=O)C1.Cl. The zero-order valence-corrected chi connectivity index (χ0v) is 17.3. The Morgan fingerprint density at radius 2 is 2.07 bits per heavy atom. The van der Waals surface area contributed by atoms with Crippen molar-refractivity contribution < 1.29 is 18.1 Å². The highest BCUT2D eigenvalue weighted by Crippen LogP contribution is 2.28. The second kappa shape index (κ2) is 9.17. The van der Waals surface area contributed by atoms with Gasteiger partial charge in [0, 0.05) is 44.4 Å². The van der Waals surface area contributed by atoms with Gasteiger partial charge in [0.25, 0.3) is 5.69 Å². The molecule has 3 rings (SSSR count). The van der Waals surface area contributed by atoms with Gasteiger partial charge in [0.2, 0.25) is 15.9 Å². The maximum Gasteiger partial charge on any atom is 0.270 e. The van der Waals surface area contributed by atoms with Gasteiger partial charge in [-0.15, -0.1) is 12.4 Å². The Morgan fingerprint density at radius 3 is 2.71 bits per heavy atom. The molecule has 0 aromatic heterocycles. The second-order valence-corrected chi connectivity index (χ2v) is 8.73. The monoisotopic (exact) mass is 432 g/mol. The number of nitrogens with zero attached hydrogens (tertiary/aromatic N) is 3. The van der Waals surface area contributed by atoms with Crippen molar-refractivity contribution in [3.8, 4) is 0 Å². The van der Waals surface area contributed by atoms with E-state index in [0.717, 1.165) is 12.5 Å². The van der Waals surface area contributed by atoms with E-state index < -0.39 is 14.9 Å². The summed E-state index contributed by atoms with van der Waals surface area (Å²) in [5.74, 6) is -0.0184. The molecule has 1 amide bonds. The fourth-order valence-electron chi connectivity index (χ4n) is 3.73. The van der Waals surface area contributed by atoms with Crippen LogP contribution in [-0.4, -0.2) is 67.2 Å². The molecule has 2 aliphatic heterocycles. The molecule has 0 aliphatic carbocycles. The highest BCUT2D eigenvalue weighted by atomic mass is 35.5. The maximum absolute atomic E-state index is 13.2. The van der Waals surface area contributed by atoms with Crippen LogP contribution in [-0.2, 0) is 21.2 Å². The number of rotatable bonds is 5. The fraction of sp³-hybridized carbons (Fsp3) is 0.588. The van der Waals surface area contributed by atoms with E-state index in [-0.39, 0.29) is 48.0 Å². The Labute approximate surface area is 170 Å². The summed E-state index contributed by atoms with van der Waals surface area (Å²) in [6.07, 6.45) is 1.87. The van der Waals surface area contributed by atoms with Crippen LogP contribution < -0.4 is 5.32 Å². The van der Waals surface area contributed by atoms with Gasteiger partial charge >= 0.3 is 0 Å². The van der Waals surface area contributed by atoms with Crippen molar-refractivity contribution in [2.24, 2.45) is 0 Å². The number of piperazine rings is 1. The number of halogens is 1. The molecular weight excluding hydrogens is 408 g/mol. The summed E-state index contributed by atoms with van der Waals surface area (Å²) in [5.41, 5.74) is 0.317. The Morgan fingerprint density at radius 1 is 1.32 bits per heavy atom. The fourth-order valence-corrected chi connectivity index (χ4v) is 5.56. The van der Waals surface area contributed by atoms with Crippen molar-refractivity contribution in [3.05, 3.63) is 33.9 Å². The van der Waals surface area contributed by atoms with Crippen LogP contribution >= 0.6 is 12.4 Å². The molecule has 1 aromatic rings. The van der Waals surface area contributed by atoms with E-state index in [0.29, 0.717) is 38.0 Å². The van der Waals surface area contributed by atoms with Crippen LogP contribution in [0.1, 0.15) is 25.3 Å². The number of nitro benzene ring substituents is 1. The lowest BCUT2D eigenvalue weighted by molar-refractivity contribution is -0.385. The summed E-state index contributed by atoms with van der Waals surface area (Å²) in [5, 5.41) is 14.1. The van der Waals surface area contributed by atoms with Crippen molar-refractivity contribution in [1.29, 1.82) is 0 Å². The number of sulfonamides is 1. The van der Waals surface area contributed by atoms with Crippen LogP contribution in [0.5, 0.6) is 0 Å². The minimum atomic E-state index is -3.87. The molecule has 0 radical (unpaired) electrons. The molecule has 0 saturated carbocycles. The maximum atomic E-state index is 13.2. The van der Waals surface area contributed by atoms with Crippen LogP contribution in [0.4, 0.5) is 5.69 Å². The Hall–Kier alpha value is -1.75. The molecule has 2 aliphatic rings. The van der Waals surface area contributed by atoms with Crippen molar-refractivity contribution >= 4 is 34.0 Å². The lowest BCUT2D eigenvalue weighted by Crippen LogP contribution is -2.57. The van der Waals surface area contributed by atoms with E-state index in [1.54, 1.807) is 4.90 Å². The summed E-state index contributed by atoms with van der Waals surface area (Å²) >= 11 is 0. The normalized spacial score (nSPS) is 21.2. The van der Waals surface area contributed by atoms with Crippen molar-refractivity contribution in [3.63, 3.8) is 0 Å². The molecular formula is C17H25ClN4O5S. The molecule has 0 bridgehead atoms. The highest BCUT2D eigenvalue weighted by molar-refractivity contribution is 7.89. The molecule has 156 valence electrons. The van der Waals surface area contributed by atoms with E-state index in [9.17, 15) is 23.3 Å². The lowest BCUT2D eigenvalue weighted by Gasteiger charge is -2.40. The number of piperidine rings is 1. The second-order valence-electron chi connectivity index (χ2n) is 6.83. The smallest absolute Gasteiger partial charge is 0.270 e. The minimum Gasteiger partial charge on any atom is -0.336 e. The Balaban J connectivity index is 0.00000280. The number of hydrogen-bond acceptors (Lipinski definition) is 6. The summed E-state index contributed by atoms with van der Waals surface area (Å²) in [4.78, 5) is 24.4. The largest absolute Gasteiger partial charge is 0.336 e. The summed E-state index contributed by atoms with van der Waals surface area (Å²) in [7, 11) is -3.87. The molecule has 1 aromatic carbocycles. The molecule has 0 spiro atoms. The number of nitro groups is 1. The van der Waals surface area contributed by atoms with Gasteiger partial charge in [-0.1, -0.05) is 13.0 Å². The topological polar surface area (TPSA) is 113 Å². The standard InChI is InChI=1S/C17H24N4O5S.ClH/c1-2-13-5-6-14(21(23)24)10-16(13)27(25,26)19-8-3-4-15(12-19)20-9-7-18-11-17(20)22;/h5-6,10,15,18H,2-4,7-9,11-12H2,1H3;1H. The van der Waals surface area contributed by atoms with Crippen LogP contribution in [0.2, 0.25) is 0 Å². The molecule has 2 heterocycles. The molecule has 1 atom stereocenters. The van der Waals surface area contributed by atoms with E-state index in [1.165, 1.54) is 16.4 Å². The zero-order valence-electron chi connectivity index (χ0n) is 15.7. The lowest BCUT2D eigenvalue weighted by atomic mass is 10.1. The number of aryl methyl sites for hydroxylation is 1. The Bertz CT molecular complexity index is 848. The highest BCUT2D eigenvalue weighted by Gasteiger charge is 2.36. The molecule has 2 saturated heterocycles. The van der Waals surface area contributed by atoms with Crippen LogP contribution in [0, 0.1) is 10.1 Å². The first-order chi connectivity index (χ1) is 12.8. The van der Waals surface area contributed by atoms with E-state index in [1.807, 2.05) is 6.92 Å². The van der Waals surface area contributed by atoms with Gasteiger partial charge in [-0.3, -0.25) is 14.9 Å². The zero-order chi connectivity index (χ0) is 19.6. The van der Waals surface area contributed by atoms with Crippen molar-refractivity contribution in [2.45, 2.75) is 37.1 Å².